The van der Waals surface area contributed by atoms with Crippen molar-refractivity contribution in [3.63, 3.8) is 0 Å². The van der Waals surface area contributed by atoms with Gasteiger partial charge in [-0.25, -0.2) is 0 Å². The number of nitrogens with one attached hydrogen (secondary N) is 1. The number of amides is 2. The fourth-order valence-electron chi connectivity index (χ4n) is 2.75. The summed E-state index contributed by atoms with van der Waals surface area (Å²) in [7, 11) is 1.97. The molecule has 0 atom stereocenters. The molecule has 0 bridgehead atoms. The van der Waals surface area contributed by atoms with Gasteiger partial charge in [-0.15, -0.1) is 0 Å². The molecule has 5 nitrogen and oxygen atoms in total. The summed E-state index contributed by atoms with van der Waals surface area (Å²) in [4.78, 5) is 27.2. The van der Waals surface area contributed by atoms with E-state index in [2.05, 4.69) is 5.32 Å². The summed E-state index contributed by atoms with van der Waals surface area (Å²) < 4.78 is 0. The third-order valence-electron chi connectivity index (χ3n) is 4.02. The Hall–Kier alpha value is -1.10. The monoisotopic (exact) mass is 253 g/mol. The van der Waals surface area contributed by atoms with Crippen molar-refractivity contribution < 1.29 is 9.59 Å². The molecule has 1 N–H and O–H groups in total. The fourth-order valence-corrected chi connectivity index (χ4v) is 2.75. The standard InChI is InChI=1S/C13H23N3O2/c1-14-11-4-8-16(9-5-11)13(18)6-10-15-7-2-3-12(15)17/h11,14H,2-10H2,1H3. The van der Waals surface area contributed by atoms with Gasteiger partial charge < -0.3 is 15.1 Å². The van der Waals surface area contributed by atoms with Crippen LogP contribution in [-0.4, -0.2) is 60.9 Å². The second-order valence-corrected chi connectivity index (χ2v) is 5.18. The number of nitrogens with zero attached hydrogens (tertiary/aromatic N) is 2. The fraction of sp³-hybridized carbons (Fsp3) is 0.846. The first-order valence-electron chi connectivity index (χ1n) is 6.93. The summed E-state index contributed by atoms with van der Waals surface area (Å²) in [6.45, 7) is 3.12. The minimum atomic E-state index is 0.198. The molecule has 0 aromatic carbocycles. The number of hydrogen-bond acceptors (Lipinski definition) is 3. The Balaban J connectivity index is 1.70. The molecule has 0 aliphatic carbocycles. The van der Waals surface area contributed by atoms with E-state index in [0.29, 0.717) is 25.4 Å². The minimum absolute atomic E-state index is 0.198. The van der Waals surface area contributed by atoms with Gasteiger partial charge in [-0.1, -0.05) is 0 Å². The third-order valence-corrected chi connectivity index (χ3v) is 4.02. The van der Waals surface area contributed by atoms with Crippen LogP contribution < -0.4 is 5.32 Å². The van der Waals surface area contributed by atoms with Crippen LogP contribution >= 0.6 is 0 Å². The van der Waals surface area contributed by atoms with Gasteiger partial charge in [0.25, 0.3) is 0 Å². The van der Waals surface area contributed by atoms with E-state index in [0.717, 1.165) is 38.9 Å². The van der Waals surface area contributed by atoms with Gasteiger partial charge in [0, 0.05) is 45.1 Å². The maximum Gasteiger partial charge on any atom is 0.224 e. The molecule has 0 spiro atoms. The molecular weight excluding hydrogens is 230 g/mol. The SMILES string of the molecule is CNC1CCN(C(=O)CCN2CCCC2=O)CC1. The molecule has 2 aliphatic rings. The van der Waals surface area contributed by atoms with E-state index < -0.39 is 0 Å². The number of rotatable bonds is 4. The van der Waals surface area contributed by atoms with Crippen molar-refractivity contribution in [1.29, 1.82) is 0 Å². The minimum Gasteiger partial charge on any atom is -0.343 e. The van der Waals surface area contributed by atoms with Gasteiger partial charge in [0.05, 0.1) is 0 Å². The summed E-state index contributed by atoms with van der Waals surface area (Å²) in [5, 5.41) is 3.26. The van der Waals surface area contributed by atoms with E-state index in [1.165, 1.54) is 0 Å². The summed E-state index contributed by atoms with van der Waals surface area (Å²) in [5.41, 5.74) is 0. The van der Waals surface area contributed by atoms with Crippen LogP contribution in [0.3, 0.4) is 0 Å². The molecule has 5 heteroatoms. The van der Waals surface area contributed by atoms with Crippen molar-refractivity contribution in [3.05, 3.63) is 0 Å². The van der Waals surface area contributed by atoms with Crippen molar-refractivity contribution in [2.24, 2.45) is 0 Å². The van der Waals surface area contributed by atoms with E-state index in [1.54, 1.807) is 0 Å². The van der Waals surface area contributed by atoms with Crippen LogP contribution in [0.25, 0.3) is 0 Å². The van der Waals surface area contributed by atoms with E-state index in [9.17, 15) is 9.59 Å². The van der Waals surface area contributed by atoms with Gasteiger partial charge in [-0.2, -0.15) is 0 Å². The zero-order valence-electron chi connectivity index (χ0n) is 11.2. The highest BCUT2D eigenvalue weighted by Crippen LogP contribution is 2.13. The molecule has 2 saturated heterocycles. The highest BCUT2D eigenvalue weighted by Gasteiger charge is 2.24. The van der Waals surface area contributed by atoms with E-state index >= 15 is 0 Å². The molecule has 2 rings (SSSR count). The molecule has 2 amide bonds. The molecule has 0 saturated carbocycles. The normalized spacial score (nSPS) is 21.7. The van der Waals surface area contributed by atoms with Crippen LogP contribution in [0.5, 0.6) is 0 Å². The van der Waals surface area contributed by atoms with Crippen LogP contribution in [0.4, 0.5) is 0 Å². The topological polar surface area (TPSA) is 52.7 Å². The quantitative estimate of drug-likeness (QED) is 0.779. The molecule has 2 fully saturated rings. The Morgan fingerprint density at radius 3 is 2.61 bits per heavy atom. The molecule has 102 valence electrons. The van der Waals surface area contributed by atoms with Crippen molar-refractivity contribution in [3.8, 4) is 0 Å². The van der Waals surface area contributed by atoms with E-state index in [4.69, 9.17) is 0 Å². The summed E-state index contributed by atoms with van der Waals surface area (Å²) in [5.74, 6) is 0.404. The summed E-state index contributed by atoms with van der Waals surface area (Å²) >= 11 is 0. The molecule has 0 unspecified atom stereocenters. The maximum absolute atomic E-state index is 12.0. The largest absolute Gasteiger partial charge is 0.343 e. The van der Waals surface area contributed by atoms with Crippen LogP contribution in [0, 0.1) is 0 Å². The Kier molecular flexibility index (Phi) is 4.58. The van der Waals surface area contributed by atoms with Gasteiger partial charge in [0.1, 0.15) is 0 Å². The second-order valence-electron chi connectivity index (χ2n) is 5.18. The van der Waals surface area contributed by atoms with Crippen molar-refractivity contribution in [2.75, 3.05) is 33.2 Å². The maximum atomic E-state index is 12.0. The van der Waals surface area contributed by atoms with Gasteiger partial charge in [-0.05, 0) is 26.3 Å². The lowest BCUT2D eigenvalue weighted by atomic mass is 10.1. The van der Waals surface area contributed by atoms with Crippen LogP contribution in [0.15, 0.2) is 0 Å². The van der Waals surface area contributed by atoms with E-state index in [-0.39, 0.29) is 11.8 Å². The van der Waals surface area contributed by atoms with Crippen molar-refractivity contribution in [2.45, 2.75) is 38.1 Å². The van der Waals surface area contributed by atoms with Gasteiger partial charge >= 0.3 is 0 Å². The molecule has 18 heavy (non-hydrogen) atoms. The van der Waals surface area contributed by atoms with Crippen molar-refractivity contribution >= 4 is 11.8 Å². The Bertz CT molecular complexity index is 311. The highest BCUT2D eigenvalue weighted by molar-refractivity contribution is 5.80. The van der Waals surface area contributed by atoms with Crippen LogP contribution in [0.1, 0.15) is 32.1 Å². The van der Waals surface area contributed by atoms with Crippen LogP contribution in [0.2, 0.25) is 0 Å². The first kappa shape index (κ1) is 13.3. The Labute approximate surface area is 108 Å². The number of carbonyl (C=O) groups is 2. The molecule has 0 aromatic heterocycles. The number of carbonyl (C=O) groups excluding carboxylic acids is 2. The number of hydrogen-bond donors (Lipinski definition) is 1. The molecular formula is C13H23N3O2. The Morgan fingerprint density at radius 1 is 1.33 bits per heavy atom. The molecule has 0 aromatic rings. The molecule has 2 heterocycles. The summed E-state index contributed by atoms with van der Waals surface area (Å²) in [6.07, 6.45) is 4.15. The average Bonchev–Trinajstić information content (AvgIpc) is 2.81. The lowest BCUT2D eigenvalue weighted by Crippen LogP contribution is -2.44. The predicted octanol–water partition coefficient (Wildman–Crippen LogP) is 0.209. The smallest absolute Gasteiger partial charge is 0.224 e. The Morgan fingerprint density at radius 2 is 2.06 bits per heavy atom. The predicted molar refractivity (Wildman–Crippen MR) is 69.1 cm³/mol. The molecule has 2 aliphatic heterocycles. The first-order chi connectivity index (χ1) is 8.70. The zero-order chi connectivity index (χ0) is 13.0. The lowest BCUT2D eigenvalue weighted by Gasteiger charge is -2.32. The first-order valence-corrected chi connectivity index (χ1v) is 6.93. The second kappa shape index (κ2) is 6.18. The average molecular weight is 253 g/mol. The van der Waals surface area contributed by atoms with Gasteiger partial charge in [0.2, 0.25) is 11.8 Å². The van der Waals surface area contributed by atoms with Crippen LogP contribution in [-0.2, 0) is 9.59 Å². The van der Waals surface area contributed by atoms with Crippen molar-refractivity contribution in [1.82, 2.24) is 15.1 Å². The van der Waals surface area contributed by atoms with E-state index in [1.807, 2.05) is 16.8 Å². The number of piperidine rings is 1. The summed E-state index contributed by atoms with van der Waals surface area (Å²) in [6, 6.07) is 0.550. The highest BCUT2D eigenvalue weighted by atomic mass is 16.2. The lowest BCUT2D eigenvalue weighted by molar-refractivity contribution is -0.133. The zero-order valence-corrected chi connectivity index (χ0v) is 11.2. The third kappa shape index (κ3) is 3.22. The molecule has 0 radical (unpaired) electrons. The van der Waals surface area contributed by atoms with Gasteiger partial charge in [0.15, 0.2) is 0 Å². The number of likely N-dealkylation sites (tertiary alicyclic amines) is 2. The van der Waals surface area contributed by atoms with Gasteiger partial charge in [-0.3, -0.25) is 9.59 Å².